The van der Waals surface area contributed by atoms with Crippen LogP contribution in [0.1, 0.15) is 0 Å². The van der Waals surface area contributed by atoms with E-state index in [1.807, 2.05) is 22.6 Å². The Morgan fingerprint density at radius 2 is 1.89 bits per heavy atom. The molecule has 2 aromatic carbocycles. The predicted molar refractivity (Wildman–Crippen MR) is 77.2 cm³/mol. The van der Waals surface area contributed by atoms with E-state index in [-0.39, 0.29) is 5.82 Å². The molecule has 94 valence electrons. The second-order valence-corrected chi connectivity index (χ2v) is 5.18. The topological polar surface area (TPSA) is 18.5 Å². The zero-order chi connectivity index (χ0) is 13.1. The lowest BCUT2D eigenvalue weighted by Crippen LogP contribution is -1.91. The highest BCUT2D eigenvalue weighted by atomic mass is 127. The van der Waals surface area contributed by atoms with E-state index < -0.39 is 0 Å². The average Bonchev–Trinajstić information content (AvgIpc) is 2.30. The number of halogens is 3. The SMILES string of the molecule is COc1cc(Cl)ccc1Oc1cc(F)cc(I)c1. The van der Waals surface area contributed by atoms with Gasteiger partial charge < -0.3 is 9.47 Å². The van der Waals surface area contributed by atoms with Crippen molar-refractivity contribution in [1.29, 1.82) is 0 Å². The third kappa shape index (κ3) is 3.26. The molecule has 2 rings (SSSR count). The van der Waals surface area contributed by atoms with Crippen LogP contribution in [0.4, 0.5) is 4.39 Å². The summed E-state index contributed by atoms with van der Waals surface area (Å²) in [5, 5.41) is 0.549. The summed E-state index contributed by atoms with van der Waals surface area (Å²) in [5.74, 6) is 1.06. The standard InChI is InChI=1S/C13H9ClFIO2/c1-17-13-4-8(14)2-3-12(13)18-11-6-9(15)5-10(16)7-11/h2-7H,1H3. The summed E-state index contributed by atoms with van der Waals surface area (Å²) >= 11 is 7.88. The number of hydrogen-bond donors (Lipinski definition) is 0. The number of rotatable bonds is 3. The summed E-state index contributed by atoms with van der Waals surface area (Å²) in [5.41, 5.74) is 0. The molecule has 0 radical (unpaired) electrons. The Morgan fingerprint density at radius 1 is 1.11 bits per heavy atom. The second-order valence-electron chi connectivity index (χ2n) is 3.50. The van der Waals surface area contributed by atoms with E-state index >= 15 is 0 Å². The fourth-order valence-corrected chi connectivity index (χ4v) is 2.21. The zero-order valence-corrected chi connectivity index (χ0v) is 12.3. The van der Waals surface area contributed by atoms with E-state index in [0.717, 1.165) is 3.57 Å². The maximum Gasteiger partial charge on any atom is 0.169 e. The summed E-state index contributed by atoms with van der Waals surface area (Å²) in [4.78, 5) is 0. The average molecular weight is 379 g/mol. The quantitative estimate of drug-likeness (QED) is 0.709. The Bertz CT molecular complexity index is 555. The Balaban J connectivity index is 2.33. The van der Waals surface area contributed by atoms with Crippen molar-refractivity contribution in [3.8, 4) is 17.2 Å². The van der Waals surface area contributed by atoms with Gasteiger partial charge in [-0.3, -0.25) is 0 Å². The van der Waals surface area contributed by atoms with E-state index in [0.29, 0.717) is 22.3 Å². The van der Waals surface area contributed by atoms with Gasteiger partial charge in [-0.25, -0.2) is 4.39 Å². The zero-order valence-electron chi connectivity index (χ0n) is 9.41. The maximum absolute atomic E-state index is 13.2. The molecule has 0 saturated heterocycles. The molecular weight excluding hydrogens is 369 g/mol. The van der Waals surface area contributed by atoms with Crippen LogP contribution in [0.25, 0.3) is 0 Å². The molecule has 0 amide bonds. The molecule has 0 saturated carbocycles. The summed E-state index contributed by atoms with van der Waals surface area (Å²) in [7, 11) is 1.52. The highest BCUT2D eigenvalue weighted by Crippen LogP contribution is 2.34. The first-order chi connectivity index (χ1) is 8.58. The number of hydrogen-bond acceptors (Lipinski definition) is 2. The molecule has 2 nitrogen and oxygen atoms in total. The van der Waals surface area contributed by atoms with Crippen LogP contribution in [-0.2, 0) is 0 Å². The summed E-state index contributed by atoms with van der Waals surface area (Å²) < 4.78 is 24.7. The van der Waals surface area contributed by atoms with Gasteiger partial charge in [0.05, 0.1) is 7.11 Å². The predicted octanol–water partition coefficient (Wildman–Crippen LogP) is 4.88. The fraction of sp³-hybridized carbons (Fsp3) is 0.0769. The number of methoxy groups -OCH3 is 1. The van der Waals surface area contributed by atoms with Crippen LogP contribution in [0.2, 0.25) is 5.02 Å². The maximum atomic E-state index is 13.2. The van der Waals surface area contributed by atoms with Gasteiger partial charge in [-0.1, -0.05) is 11.6 Å². The van der Waals surface area contributed by atoms with E-state index in [1.165, 1.54) is 19.2 Å². The lowest BCUT2D eigenvalue weighted by atomic mass is 10.3. The largest absolute Gasteiger partial charge is 0.493 e. The van der Waals surface area contributed by atoms with Gasteiger partial charge in [0.15, 0.2) is 11.5 Å². The Hall–Kier alpha value is -1.01. The van der Waals surface area contributed by atoms with Crippen LogP contribution >= 0.6 is 34.2 Å². The molecule has 5 heteroatoms. The summed E-state index contributed by atoms with van der Waals surface area (Å²) in [6, 6.07) is 9.48. The van der Waals surface area contributed by atoms with Crippen molar-refractivity contribution >= 4 is 34.2 Å². The highest BCUT2D eigenvalue weighted by molar-refractivity contribution is 14.1. The van der Waals surface area contributed by atoms with Crippen molar-refractivity contribution in [2.75, 3.05) is 7.11 Å². The number of benzene rings is 2. The van der Waals surface area contributed by atoms with E-state index in [4.69, 9.17) is 21.1 Å². The first-order valence-corrected chi connectivity index (χ1v) is 6.51. The molecular formula is C13H9ClFIO2. The second kappa shape index (κ2) is 5.75. The van der Waals surface area contributed by atoms with Crippen molar-refractivity contribution in [3.63, 3.8) is 0 Å². The van der Waals surface area contributed by atoms with Crippen LogP contribution in [0.15, 0.2) is 36.4 Å². The van der Waals surface area contributed by atoms with Crippen LogP contribution in [0.5, 0.6) is 17.2 Å². The van der Waals surface area contributed by atoms with Gasteiger partial charge >= 0.3 is 0 Å². The van der Waals surface area contributed by atoms with Gasteiger partial charge in [0.2, 0.25) is 0 Å². The van der Waals surface area contributed by atoms with Gasteiger partial charge in [0, 0.05) is 20.7 Å². The van der Waals surface area contributed by atoms with E-state index in [1.54, 1.807) is 24.3 Å². The van der Waals surface area contributed by atoms with E-state index in [9.17, 15) is 4.39 Å². The Kier molecular flexibility index (Phi) is 4.29. The van der Waals surface area contributed by atoms with Crippen LogP contribution in [0.3, 0.4) is 0 Å². The normalized spacial score (nSPS) is 10.2. The molecule has 0 aliphatic carbocycles. The minimum Gasteiger partial charge on any atom is -0.493 e. The van der Waals surface area contributed by atoms with Gasteiger partial charge in [0.1, 0.15) is 11.6 Å². The first kappa shape index (κ1) is 13.4. The number of ether oxygens (including phenoxy) is 2. The molecule has 0 fully saturated rings. The third-order valence-corrected chi connectivity index (χ3v) is 3.05. The van der Waals surface area contributed by atoms with Gasteiger partial charge in [-0.15, -0.1) is 0 Å². The Labute approximate surface area is 123 Å². The lowest BCUT2D eigenvalue weighted by Gasteiger charge is -2.10. The molecule has 18 heavy (non-hydrogen) atoms. The van der Waals surface area contributed by atoms with Crippen molar-refractivity contribution in [3.05, 3.63) is 50.8 Å². The molecule has 0 aliphatic rings. The van der Waals surface area contributed by atoms with Crippen LogP contribution < -0.4 is 9.47 Å². The fourth-order valence-electron chi connectivity index (χ4n) is 1.44. The smallest absolute Gasteiger partial charge is 0.169 e. The molecule has 0 atom stereocenters. The molecule has 0 bridgehead atoms. The van der Waals surface area contributed by atoms with Crippen molar-refractivity contribution in [1.82, 2.24) is 0 Å². The summed E-state index contributed by atoms with van der Waals surface area (Å²) in [6.45, 7) is 0. The highest BCUT2D eigenvalue weighted by Gasteiger charge is 2.07. The molecule has 0 aliphatic heterocycles. The van der Waals surface area contributed by atoms with Crippen molar-refractivity contribution in [2.24, 2.45) is 0 Å². The first-order valence-electron chi connectivity index (χ1n) is 5.06. The van der Waals surface area contributed by atoms with Crippen molar-refractivity contribution < 1.29 is 13.9 Å². The molecule has 0 heterocycles. The van der Waals surface area contributed by atoms with Gasteiger partial charge in [-0.2, -0.15) is 0 Å². The molecule has 0 unspecified atom stereocenters. The van der Waals surface area contributed by atoms with Crippen LogP contribution in [0, 0.1) is 9.39 Å². The lowest BCUT2D eigenvalue weighted by molar-refractivity contribution is 0.378. The molecule has 0 N–H and O–H groups in total. The summed E-state index contributed by atoms with van der Waals surface area (Å²) in [6.07, 6.45) is 0. The molecule has 2 aromatic rings. The minimum absolute atomic E-state index is 0.343. The third-order valence-electron chi connectivity index (χ3n) is 2.19. The Morgan fingerprint density at radius 3 is 2.56 bits per heavy atom. The molecule has 0 spiro atoms. The van der Waals surface area contributed by atoms with Gasteiger partial charge in [-0.05, 0) is 46.9 Å². The van der Waals surface area contributed by atoms with Gasteiger partial charge in [0.25, 0.3) is 0 Å². The monoisotopic (exact) mass is 378 g/mol. The molecule has 0 aromatic heterocycles. The van der Waals surface area contributed by atoms with E-state index in [2.05, 4.69) is 0 Å². The van der Waals surface area contributed by atoms with Crippen LogP contribution in [-0.4, -0.2) is 7.11 Å². The minimum atomic E-state index is -0.343. The van der Waals surface area contributed by atoms with Crippen molar-refractivity contribution in [2.45, 2.75) is 0 Å².